The Morgan fingerprint density at radius 1 is 1.21 bits per heavy atom. The summed E-state index contributed by atoms with van der Waals surface area (Å²) in [7, 11) is 0. The average molecular weight is 267 g/mol. The lowest BCUT2D eigenvalue weighted by Gasteiger charge is -2.44. The highest BCUT2D eigenvalue weighted by atomic mass is 16.5. The van der Waals surface area contributed by atoms with E-state index < -0.39 is 0 Å². The van der Waals surface area contributed by atoms with Crippen molar-refractivity contribution in [3.05, 3.63) is 0 Å². The number of nitrogens with one attached hydrogen (secondary N) is 1. The van der Waals surface area contributed by atoms with E-state index in [0.29, 0.717) is 6.04 Å². The Kier molecular flexibility index (Phi) is 5.70. The van der Waals surface area contributed by atoms with Gasteiger partial charge in [-0.25, -0.2) is 0 Å². The Bertz CT molecular complexity index is 260. The number of rotatable bonds is 6. The van der Waals surface area contributed by atoms with Crippen molar-refractivity contribution in [1.82, 2.24) is 5.32 Å². The first-order valence-electron chi connectivity index (χ1n) is 8.58. The third-order valence-electron chi connectivity index (χ3n) is 5.44. The van der Waals surface area contributed by atoms with Gasteiger partial charge in [0.1, 0.15) is 0 Å². The molecule has 0 amide bonds. The molecule has 4 unspecified atom stereocenters. The zero-order valence-electron chi connectivity index (χ0n) is 13.2. The van der Waals surface area contributed by atoms with E-state index in [1.54, 1.807) is 0 Å². The molecule has 2 rings (SSSR count). The third kappa shape index (κ3) is 3.52. The van der Waals surface area contributed by atoms with Crippen LogP contribution in [0.15, 0.2) is 0 Å². The summed E-state index contributed by atoms with van der Waals surface area (Å²) < 4.78 is 6.18. The van der Waals surface area contributed by atoms with Crippen LogP contribution in [0.5, 0.6) is 0 Å². The summed E-state index contributed by atoms with van der Waals surface area (Å²) in [4.78, 5) is 0. The molecule has 0 aromatic carbocycles. The van der Waals surface area contributed by atoms with Gasteiger partial charge >= 0.3 is 0 Å². The standard InChI is InChI=1S/C17H33NO/c1-4-12-18-16(17(3)11-8-13-19-17)15-10-7-6-9-14(15)5-2/h14-16,18H,4-13H2,1-3H3. The number of hydrogen-bond donors (Lipinski definition) is 1. The lowest BCUT2D eigenvalue weighted by atomic mass is 9.69. The van der Waals surface area contributed by atoms with E-state index in [9.17, 15) is 0 Å². The molecule has 2 nitrogen and oxygen atoms in total. The van der Waals surface area contributed by atoms with Crippen LogP contribution in [0.1, 0.15) is 72.1 Å². The molecule has 2 heteroatoms. The molecule has 2 fully saturated rings. The molecular weight excluding hydrogens is 234 g/mol. The predicted octanol–water partition coefficient (Wildman–Crippen LogP) is 4.14. The quantitative estimate of drug-likeness (QED) is 0.781. The molecule has 1 aliphatic heterocycles. The third-order valence-corrected chi connectivity index (χ3v) is 5.44. The molecule has 1 N–H and O–H groups in total. The molecule has 112 valence electrons. The van der Waals surface area contributed by atoms with Crippen LogP contribution < -0.4 is 5.32 Å². The van der Waals surface area contributed by atoms with Gasteiger partial charge < -0.3 is 10.1 Å². The molecular formula is C17H33NO. The molecule has 0 spiro atoms. The Hall–Kier alpha value is -0.0800. The van der Waals surface area contributed by atoms with Crippen molar-refractivity contribution in [2.75, 3.05) is 13.2 Å². The van der Waals surface area contributed by atoms with E-state index in [4.69, 9.17) is 4.74 Å². The van der Waals surface area contributed by atoms with Crippen molar-refractivity contribution in [2.45, 2.75) is 83.8 Å². The van der Waals surface area contributed by atoms with Crippen LogP contribution in [-0.4, -0.2) is 24.8 Å². The van der Waals surface area contributed by atoms with Crippen molar-refractivity contribution < 1.29 is 4.74 Å². The van der Waals surface area contributed by atoms with Gasteiger partial charge in [-0.15, -0.1) is 0 Å². The maximum absolute atomic E-state index is 6.18. The van der Waals surface area contributed by atoms with Gasteiger partial charge in [-0.1, -0.05) is 39.5 Å². The van der Waals surface area contributed by atoms with E-state index >= 15 is 0 Å². The fraction of sp³-hybridized carbons (Fsp3) is 1.00. The molecule has 1 saturated carbocycles. The second kappa shape index (κ2) is 7.08. The summed E-state index contributed by atoms with van der Waals surface area (Å²) in [5, 5.41) is 3.86. The highest BCUT2D eigenvalue weighted by Crippen LogP contribution is 2.41. The molecule has 0 aromatic rings. The fourth-order valence-corrected chi connectivity index (χ4v) is 4.35. The monoisotopic (exact) mass is 267 g/mol. The normalized spacial score (nSPS) is 37.4. The van der Waals surface area contributed by atoms with Gasteiger partial charge in [-0.2, -0.15) is 0 Å². The molecule has 2 aliphatic rings. The maximum Gasteiger partial charge on any atom is 0.0810 e. The highest BCUT2D eigenvalue weighted by Gasteiger charge is 2.44. The summed E-state index contributed by atoms with van der Waals surface area (Å²) >= 11 is 0. The molecule has 1 heterocycles. The van der Waals surface area contributed by atoms with Gasteiger partial charge in [0.15, 0.2) is 0 Å². The summed E-state index contributed by atoms with van der Waals surface area (Å²) in [5.74, 6) is 1.73. The molecule has 0 bridgehead atoms. The molecule has 1 saturated heterocycles. The van der Waals surface area contributed by atoms with Gasteiger partial charge in [-0.05, 0) is 51.0 Å². The largest absolute Gasteiger partial charge is 0.374 e. The zero-order valence-corrected chi connectivity index (χ0v) is 13.2. The van der Waals surface area contributed by atoms with E-state index in [0.717, 1.165) is 25.0 Å². The maximum atomic E-state index is 6.18. The second-order valence-electron chi connectivity index (χ2n) is 6.81. The van der Waals surface area contributed by atoms with E-state index in [-0.39, 0.29) is 5.60 Å². The Morgan fingerprint density at radius 2 is 2.00 bits per heavy atom. The first-order valence-corrected chi connectivity index (χ1v) is 8.58. The van der Waals surface area contributed by atoms with Crippen LogP contribution in [0.3, 0.4) is 0 Å². The van der Waals surface area contributed by atoms with Crippen molar-refractivity contribution >= 4 is 0 Å². The van der Waals surface area contributed by atoms with Gasteiger partial charge in [0.25, 0.3) is 0 Å². The number of hydrogen-bond acceptors (Lipinski definition) is 2. The van der Waals surface area contributed by atoms with Crippen LogP contribution in [0, 0.1) is 11.8 Å². The van der Waals surface area contributed by atoms with Gasteiger partial charge in [0.2, 0.25) is 0 Å². The van der Waals surface area contributed by atoms with Gasteiger partial charge in [-0.3, -0.25) is 0 Å². The lowest BCUT2D eigenvalue weighted by Crippen LogP contribution is -2.55. The van der Waals surface area contributed by atoms with Gasteiger partial charge in [0.05, 0.1) is 5.60 Å². The summed E-state index contributed by atoms with van der Waals surface area (Å²) in [5.41, 5.74) is 0.0879. The predicted molar refractivity (Wildman–Crippen MR) is 81.4 cm³/mol. The van der Waals surface area contributed by atoms with Crippen molar-refractivity contribution in [3.8, 4) is 0 Å². The average Bonchev–Trinajstić information content (AvgIpc) is 2.87. The topological polar surface area (TPSA) is 21.3 Å². The highest BCUT2D eigenvalue weighted by molar-refractivity contribution is 4.99. The van der Waals surface area contributed by atoms with Crippen molar-refractivity contribution in [2.24, 2.45) is 11.8 Å². The minimum atomic E-state index is 0.0879. The van der Waals surface area contributed by atoms with Crippen LogP contribution in [0.2, 0.25) is 0 Å². The van der Waals surface area contributed by atoms with Crippen molar-refractivity contribution in [3.63, 3.8) is 0 Å². The molecule has 4 atom stereocenters. The smallest absolute Gasteiger partial charge is 0.0810 e. The number of ether oxygens (including phenoxy) is 1. The van der Waals surface area contributed by atoms with E-state index in [1.807, 2.05) is 0 Å². The SMILES string of the molecule is CCCNC(C1CCCCC1CC)C1(C)CCCO1. The van der Waals surface area contributed by atoms with Crippen LogP contribution in [0.25, 0.3) is 0 Å². The van der Waals surface area contributed by atoms with Crippen LogP contribution in [0.4, 0.5) is 0 Å². The minimum Gasteiger partial charge on any atom is -0.374 e. The Labute approximate surface area is 119 Å². The van der Waals surface area contributed by atoms with Crippen molar-refractivity contribution in [1.29, 1.82) is 0 Å². The summed E-state index contributed by atoms with van der Waals surface area (Å²) in [6.45, 7) is 9.09. The molecule has 0 aromatic heterocycles. The summed E-state index contributed by atoms with van der Waals surface area (Å²) in [6, 6.07) is 0.570. The first-order chi connectivity index (χ1) is 9.21. The van der Waals surface area contributed by atoms with Gasteiger partial charge in [0, 0.05) is 12.6 Å². The zero-order chi connectivity index (χ0) is 13.7. The summed E-state index contributed by atoms with van der Waals surface area (Å²) in [6.07, 6.45) is 10.7. The molecule has 19 heavy (non-hydrogen) atoms. The van der Waals surface area contributed by atoms with E-state index in [1.165, 1.54) is 51.4 Å². The van der Waals surface area contributed by atoms with Crippen LogP contribution in [-0.2, 0) is 4.74 Å². The Balaban J connectivity index is 2.10. The second-order valence-corrected chi connectivity index (χ2v) is 6.81. The molecule has 1 aliphatic carbocycles. The minimum absolute atomic E-state index is 0.0879. The lowest BCUT2D eigenvalue weighted by molar-refractivity contribution is -0.0440. The first kappa shape index (κ1) is 15.3. The Morgan fingerprint density at radius 3 is 2.63 bits per heavy atom. The molecule has 0 radical (unpaired) electrons. The fourth-order valence-electron chi connectivity index (χ4n) is 4.35. The van der Waals surface area contributed by atoms with E-state index in [2.05, 4.69) is 26.1 Å². The van der Waals surface area contributed by atoms with Crippen LogP contribution >= 0.6 is 0 Å².